The predicted molar refractivity (Wildman–Crippen MR) is 69.2 cm³/mol. The number of aromatic nitrogens is 3. The summed E-state index contributed by atoms with van der Waals surface area (Å²) in [6.07, 6.45) is 4.45. The van der Waals surface area contributed by atoms with Gasteiger partial charge in [0.15, 0.2) is 0 Å². The van der Waals surface area contributed by atoms with Gasteiger partial charge in [-0.05, 0) is 28.1 Å². The first-order valence-corrected chi connectivity index (χ1v) is 7.34. The molecule has 2 aromatic heterocycles. The standard InChI is InChI=1S/C10H11BrN4O2S/c1-15-9(2-3-13-15)6-14-18(16,17)10-4-8(11)5-12-7-10/h2-5,7,14H,6H2,1H3. The first-order valence-electron chi connectivity index (χ1n) is 5.06. The molecule has 96 valence electrons. The molecule has 0 bridgehead atoms. The Hall–Kier alpha value is -1.25. The highest BCUT2D eigenvalue weighted by atomic mass is 79.9. The van der Waals surface area contributed by atoms with Gasteiger partial charge in [-0.2, -0.15) is 5.10 Å². The number of sulfonamides is 1. The van der Waals surface area contributed by atoms with Gasteiger partial charge in [0.2, 0.25) is 10.0 Å². The maximum atomic E-state index is 12.0. The summed E-state index contributed by atoms with van der Waals surface area (Å²) < 4.78 is 28.7. The van der Waals surface area contributed by atoms with Crippen molar-refractivity contribution in [3.63, 3.8) is 0 Å². The first kappa shape index (κ1) is 13.2. The average molecular weight is 331 g/mol. The van der Waals surface area contributed by atoms with E-state index >= 15 is 0 Å². The molecule has 18 heavy (non-hydrogen) atoms. The van der Waals surface area contributed by atoms with Gasteiger partial charge in [0, 0.05) is 30.1 Å². The fourth-order valence-corrected chi connectivity index (χ4v) is 2.87. The fraction of sp³-hybridized carbons (Fsp3) is 0.200. The molecular weight excluding hydrogens is 320 g/mol. The molecule has 0 amide bonds. The van der Waals surface area contributed by atoms with E-state index in [4.69, 9.17) is 0 Å². The largest absolute Gasteiger partial charge is 0.271 e. The second kappa shape index (κ2) is 5.17. The van der Waals surface area contributed by atoms with Crippen LogP contribution >= 0.6 is 15.9 Å². The minimum absolute atomic E-state index is 0.124. The van der Waals surface area contributed by atoms with Crippen molar-refractivity contribution in [1.82, 2.24) is 19.5 Å². The number of pyridine rings is 1. The zero-order chi connectivity index (χ0) is 13.2. The summed E-state index contributed by atoms with van der Waals surface area (Å²) in [6.45, 7) is 0.186. The number of halogens is 1. The van der Waals surface area contributed by atoms with E-state index in [9.17, 15) is 8.42 Å². The van der Waals surface area contributed by atoms with Crippen LogP contribution in [0, 0.1) is 0 Å². The van der Waals surface area contributed by atoms with Gasteiger partial charge in [0.1, 0.15) is 4.90 Å². The fourth-order valence-electron chi connectivity index (χ4n) is 1.37. The van der Waals surface area contributed by atoms with Crippen LogP contribution in [0.5, 0.6) is 0 Å². The molecule has 0 saturated carbocycles. The summed E-state index contributed by atoms with van der Waals surface area (Å²) in [6, 6.07) is 3.25. The quantitative estimate of drug-likeness (QED) is 0.909. The van der Waals surface area contributed by atoms with Crippen molar-refractivity contribution >= 4 is 26.0 Å². The Bertz CT molecular complexity index is 653. The van der Waals surface area contributed by atoms with E-state index in [1.54, 1.807) is 24.0 Å². The maximum absolute atomic E-state index is 12.0. The summed E-state index contributed by atoms with van der Waals surface area (Å²) in [5.41, 5.74) is 0.779. The highest BCUT2D eigenvalue weighted by Crippen LogP contribution is 2.14. The van der Waals surface area contributed by atoms with Crippen LogP contribution in [0.25, 0.3) is 0 Å². The van der Waals surface area contributed by atoms with E-state index in [0.717, 1.165) is 5.69 Å². The minimum Gasteiger partial charge on any atom is -0.271 e. The molecule has 0 radical (unpaired) electrons. The Kier molecular flexibility index (Phi) is 3.79. The summed E-state index contributed by atoms with van der Waals surface area (Å²) >= 11 is 3.19. The van der Waals surface area contributed by atoms with Crippen molar-refractivity contribution in [1.29, 1.82) is 0 Å². The number of rotatable bonds is 4. The molecule has 0 aliphatic carbocycles. The van der Waals surface area contributed by atoms with E-state index in [-0.39, 0.29) is 11.4 Å². The van der Waals surface area contributed by atoms with Gasteiger partial charge >= 0.3 is 0 Å². The number of aryl methyl sites for hydroxylation is 1. The number of nitrogens with zero attached hydrogens (tertiary/aromatic N) is 3. The normalized spacial score (nSPS) is 11.7. The van der Waals surface area contributed by atoms with Crippen molar-refractivity contribution in [2.45, 2.75) is 11.4 Å². The minimum atomic E-state index is -3.56. The Morgan fingerprint density at radius 1 is 1.44 bits per heavy atom. The molecule has 0 fully saturated rings. The zero-order valence-corrected chi connectivity index (χ0v) is 11.9. The maximum Gasteiger partial charge on any atom is 0.242 e. The Morgan fingerprint density at radius 3 is 2.83 bits per heavy atom. The van der Waals surface area contributed by atoms with Gasteiger partial charge in [-0.1, -0.05) is 0 Å². The van der Waals surface area contributed by atoms with Crippen LogP contribution < -0.4 is 4.72 Å². The average Bonchev–Trinajstić information content (AvgIpc) is 2.72. The topological polar surface area (TPSA) is 76.9 Å². The van der Waals surface area contributed by atoms with Crippen LogP contribution in [0.3, 0.4) is 0 Å². The molecule has 1 N–H and O–H groups in total. The highest BCUT2D eigenvalue weighted by molar-refractivity contribution is 9.10. The molecule has 0 spiro atoms. The molecule has 0 aromatic carbocycles. The Labute approximate surface area is 113 Å². The Balaban J connectivity index is 2.16. The Morgan fingerprint density at radius 2 is 2.22 bits per heavy atom. The molecule has 0 aliphatic rings. The summed E-state index contributed by atoms with van der Waals surface area (Å²) in [7, 11) is -1.80. The van der Waals surface area contributed by atoms with Crippen LogP contribution in [0.15, 0.2) is 40.1 Å². The van der Waals surface area contributed by atoms with Crippen molar-refractivity contribution in [3.05, 3.63) is 40.9 Å². The molecule has 2 aromatic rings. The predicted octanol–water partition coefficient (Wildman–Crippen LogP) is 1.06. The third-order valence-electron chi connectivity index (χ3n) is 2.36. The van der Waals surface area contributed by atoms with Gasteiger partial charge < -0.3 is 0 Å². The monoisotopic (exact) mass is 330 g/mol. The highest BCUT2D eigenvalue weighted by Gasteiger charge is 2.15. The van der Waals surface area contributed by atoms with E-state index in [2.05, 4.69) is 30.7 Å². The van der Waals surface area contributed by atoms with Gasteiger partial charge in [0.25, 0.3) is 0 Å². The molecular formula is C10H11BrN4O2S. The number of hydrogen-bond acceptors (Lipinski definition) is 4. The second-order valence-electron chi connectivity index (χ2n) is 3.61. The molecule has 8 heteroatoms. The van der Waals surface area contributed by atoms with Gasteiger partial charge in [-0.15, -0.1) is 0 Å². The lowest BCUT2D eigenvalue weighted by Gasteiger charge is -2.06. The lowest BCUT2D eigenvalue weighted by atomic mass is 10.4. The van der Waals surface area contributed by atoms with E-state index in [1.807, 2.05) is 0 Å². The summed E-state index contributed by atoms with van der Waals surface area (Å²) in [5, 5.41) is 3.97. The third-order valence-corrected chi connectivity index (χ3v) is 4.16. The number of hydrogen-bond donors (Lipinski definition) is 1. The van der Waals surface area contributed by atoms with Crippen LogP contribution in [-0.2, 0) is 23.6 Å². The SMILES string of the molecule is Cn1nccc1CNS(=O)(=O)c1cncc(Br)c1. The van der Waals surface area contributed by atoms with Gasteiger partial charge in [0.05, 0.1) is 12.2 Å². The smallest absolute Gasteiger partial charge is 0.242 e. The molecule has 2 heterocycles. The van der Waals surface area contributed by atoms with Crippen LogP contribution in [-0.4, -0.2) is 23.2 Å². The molecule has 2 rings (SSSR count). The second-order valence-corrected chi connectivity index (χ2v) is 6.29. The lowest BCUT2D eigenvalue weighted by Crippen LogP contribution is -2.24. The third kappa shape index (κ3) is 2.95. The molecule has 0 unspecified atom stereocenters. The first-order chi connectivity index (χ1) is 8.49. The van der Waals surface area contributed by atoms with E-state index in [0.29, 0.717) is 4.47 Å². The van der Waals surface area contributed by atoms with Gasteiger partial charge in [-0.25, -0.2) is 13.1 Å². The van der Waals surface area contributed by atoms with Gasteiger partial charge in [-0.3, -0.25) is 9.67 Å². The van der Waals surface area contributed by atoms with Crippen molar-refractivity contribution in [2.24, 2.45) is 7.05 Å². The molecule has 0 aliphatic heterocycles. The zero-order valence-electron chi connectivity index (χ0n) is 9.54. The van der Waals surface area contributed by atoms with Crippen LogP contribution in [0.4, 0.5) is 0 Å². The van der Waals surface area contributed by atoms with Crippen LogP contribution in [0.1, 0.15) is 5.69 Å². The summed E-state index contributed by atoms with van der Waals surface area (Å²) in [4.78, 5) is 3.95. The van der Waals surface area contributed by atoms with Crippen LogP contribution in [0.2, 0.25) is 0 Å². The van der Waals surface area contributed by atoms with Crippen molar-refractivity contribution in [3.8, 4) is 0 Å². The van der Waals surface area contributed by atoms with E-state index < -0.39 is 10.0 Å². The van der Waals surface area contributed by atoms with E-state index in [1.165, 1.54) is 18.5 Å². The molecule has 6 nitrogen and oxygen atoms in total. The lowest BCUT2D eigenvalue weighted by molar-refractivity contribution is 0.576. The molecule has 0 atom stereocenters. The van der Waals surface area contributed by atoms with Crippen molar-refractivity contribution < 1.29 is 8.42 Å². The molecule has 0 saturated heterocycles. The van der Waals surface area contributed by atoms with Crippen molar-refractivity contribution in [2.75, 3.05) is 0 Å². The summed E-state index contributed by atoms with van der Waals surface area (Å²) in [5.74, 6) is 0. The number of nitrogens with one attached hydrogen (secondary N) is 1.